The molecule has 0 fully saturated rings. The topological polar surface area (TPSA) is 44.1 Å². The summed E-state index contributed by atoms with van der Waals surface area (Å²) in [4.78, 5) is 19.7. The highest BCUT2D eigenvalue weighted by Crippen LogP contribution is 2.36. The van der Waals surface area contributed by atoms with E-state index in [2.05, 4.69) is 20.9 Å². The van der Waals surface area contributed by atoms with Crippen molar-refractivity contribution in [1.82, 2.24) is 9.55 Å². The van der Waals surface area contributed by atoms with E-state index in [4.69, 9.17) is 4.74 Å². The maximum Gasteiger partial charge on any atom is 0.263 e. The van der Waals surface area contributed by atoms with Gasteiger partial charge in [-0.2, -0.15) is 0 Å². The molecule has 0 saturated heterocycles. The first-order valence-electron chi connectivity index (χ1n) is 9.03. The first-order chi connectivity index (χ1) is 13.6. The Morgan fingerprint density at radius 2 is 1.82 bits per heavy atom. The highest BCUT2D eigenvalue weighted by Gasteiger charge is 2.17. The zero-order valence-corrected chi connectivity index (χ0v) is 18.0. The van der Waals surface area contributed by atoms with Gasteiger partial charge >= 0.3 is 0 Å². The molecule has 0 unspecified atom stereocenters. The number of rotatable bonds is 5. The summed E-state index contributed by atoms with van der Waals surface area (Å²) < 4.78 is 8.23. The van der Waals surface area contributed by atoms with Crippen molar-refractivity contribution in [2.24, 2.45) is 0 Å². The number of halogens is 1. The van der Waals surface area contributed by atoms with Crippen molar-refractivity contribution in [3.05, 3.63) is 80.1 Å². The van der Waals surface area contributed by atoms with Gasteiger partial charge in [-0.25, -0.2) is 4.98 Å². The fourth-order valence-corrected chi connectivity index (χ4v) is 4.54. The minimum Gasteiger partial charge on any atom is -0.494 e. The van der Waals surface area contributed by atoms with E-state index >= 15 is 0 Å². The summed E-state index contributed by atoms with van der Waals surface area (Å²) in [5, 5.41) is 0.686. The molecule has 0 aliphatic heterocycles. The van der Waals surface area contributed by atoms with Crippen LogP contribution in [0.3, 0.4) is 0 Å². The number of aromatic nitrogens is 2. The van der Waals surface area contributed by atoms with E-state index in [0.29, 0.717) is 18.5 Å². The Labute approximate surface area is 175 Å². The van der Waals surface area contributed by atoms with Gasteiger partial charge in [-0.3, -0.25) is 9.36 Å². The van der Waals surface area contributed by atoms with Gasteiger partial charge in [0.25, 0.3) is 5.56 Å². The van der Waals surface area contributed by atoms with Crippen molar-refractivity contribution in [3.8, 4) is 16.9 Å². The summed E-state index contributed by atoms with van der Waals surface area (Å²) in [6.07, 6.45) is 1.64. The van der Waals surface area contributed by atoms with Crippen LogP contribution in [0, 0.1) is 6.92 Å². The Hall–Kier alpha value is -2.44. The highest BCUT2D eigenvalue weighted by atomic mass is 79.9. The Kier molecular flexibility index (Phi) is 5.33. The maximum absolute atomic E-state index is 13.3. The molecule has 2 heterocycles. The molecule has 0 aliphatic carbocycles. The molecule has 4 nitrogen and oxygen atoms in total. The van der Waals surface area contributed by atoms with E-state index in [-0.39, 0.29) is 5.56 Å². The van der Waals surface area contributed by atoms with Gasteiger partial charge < -0.3 is 4.74 Å². The van der Waals surface area contributed by atoms with E-state index < -0.39 is 0 Å². The molecule has 0 radical (unpaired) electrons. The number of hydrogen-bond donors (Lipinski definition) is 0. The first-order valence-corrected chi connectivity index (χ1v) is 10.6. The summed E-state index contributed by atoms with van der Waals surface area (Å²) >= 11 is 5.00. The summed E-state index contributed by atoms with van der Waals surface area (Å²) in [6.45, 7) is 5.12. The molecule has 0 bridgehead atoms. The molecule has 0 saturated carbocycles. The van der Waals surface area contributed by atoms with Crippen LogP contribution in [0.2, 0.25) is 0 Å². The van der Waals surface area contributed by atoms with Gasteiger partial charge in [-0.05, 0) is 49.2 Å². The van der Waals surface area contributed by atoms with Crippen LogP contribution >= 0.6 is 27.3 Å². The van der Waals surface area contributed by atoms with E-state index in [0.717, 1.165) is 36.6 Å². The van der Waals surface area contributed by atoms with Crippen molar-refractivity contribution in [3.63, 3.8) is 0 Å². The Morgan fingerprint density at radius 3 is 2.50 bits per heavy atom. The molecular formula is C22H19BrN2O2S. The van der Waals surface area contributed by atoms with Crippen LogP contribution in [0.15, 0.2) is 64.1 Å². The summed E-state index contributed by atoms with van der Waals surface area (Å²) in [5.41, 5.74) is 3.01. The number of ether oxygens (including phenoxy) is 1. The molecule has 142 valence electrons. The molecule has 0 atom stereocenters. The standard InChI is InChI=1S/C22H19BrN2O2S/c1-3-27-18-10-6-16(7-11-18)19-14(2)28-21-20(19)22(26)25(13-24-21)12-15-4-8-17(23)9-5-15/h4-11,13H,3,12H2,1-2H3. The molecule has 4 rings (SSSR count). The third-order valence-corrected chi connectivity index (χ3v) is 6.12. The number of fused-ring (bicyclic) bond motifs is 1. The molecule has 28 heavy (non-hydrogen) atoms. The Balaban J connectivity index is 1.80. The average Bonchev–Trinajstić information content (AvgIpc) is 3.03. The van der Waals surface area contributed by atoms with Crippen LogP contribution in [-0.2, 0) is 6.54 Å². The van der Waals surface area contributed by atoms with Gasteiger partial charge in [0.1, 0.15) is 10.6 Å². The van der Waals surface area contributed by atoms with Gasteiger partial charge in [0, 0.05) is 14.9 Å². The van der Waals surface area contributed by atoms with Crippen LogP contribution < -0.4 is 10.3 Å². The average molecular weight is 455 g/mol. The van der Waals surface area contributed by atoms with Gasteiger partial charge in [-0.1, -0.05) is 40.2 Å². The fourth-order valence-electron chi connectivity index (χ4n) is 3.27. The molecular weight excluding hydrogens is 436 g/mol. The van der Waals surface area contributed by atoms with Crippen molar-refractivity contribution in [2.75, 3.05) is 6.61 Å². The number of nitrogens with zero attached hydrogens (tertiary/aromatic N) is 2. The summed E-state index contributed by atoms with van der Waals surface area (Å²) in [7, 11) is 0. The van der Waals surface area contributed by atoms with Crippen molar-refractivity contribution in [2.45, 2.75) is 20.4 Å². The first kappa shape index (κ1) is 18.9. The molecule has 0 spiro atoms. The SMILES string of the molecule is CCOc1ccc(-c2c(C)sc3ncn(Cc4ccc(Br)cc4)c(=O)c23)cc1. The normalized spacial score (nSPS) is 11.1. The third-order valence-electron chi connectivity index (χ3n) is 4.57. The van der Waals surface area contributed by atoms with E-state index in [1.165, 1.54) is 0 Å². The zero-order chi connectivity index (χ0) is 19.7. The minimum atomic E-state index is -0.0128. The van der Waals surface area contributed by atoms with E-state index in [1.807, 2.05) is 62.4 Å². The second kappa shape index (κ2) is 7.89. The van der Waals surface area contributed by atoms with Crippen LogP contribution in [-0.4, -0.2) is 16.2 Å². The second-order valence-corrected chi connectivity index (χ2v) is 8.59. The van der Waals surface area contributed by atoms with Crippen molar-refractivity contribution in [1.29, 1.82) is 0 Å². The van der Waals surface area contributed by atoms with Gasteiger partial charge in [0.15, 0.2) is 0 Å². The van der Waals surface area contributed by atoms with Gasteiger partial charge in [0.2, 0.25) is 0 Å². The monoisotopic (exact) mass is 454 g/mol. The summed E-state index contributed by atoms with van der Waals surface area (Å²) in [6, 6.07) is 15.9. The van der Waals surface area contributed by atoms with Crippen LogP contribution in [0.5, 0.6) is 5.75 Å². The maximum atomic E-state index is 13.3. The zero-order valence-electron chi connectivity index (χ0n) is 15.6. The van der Waals surface area contributed by atoms with Crippen LogP contribution in [0.25, 0.3) is 21.3 Å². The lowest BCUT2D eigenvalue weighted by Gasteiger charge is -2.08. The molecule has 2 aromatic heterocycles. The number of thiophene rings is 1. The van der Waals surface area contributed by atoms with Crippen LogP contribution in [0.4, 0.5) is 0 Å². The smallest absolute Gasteiger partial charge is 0.263 e. The quantitative estimate of drug-likeness (QED) is 0.391. The second-order valence-electron chi connectivity index (χ2n) is 6.47. The largest absolute Gasteiger partial charge is 0.494 e. The van der Waals surface area contributed by atoms with Gasteiger partial charge in [0.05, 0.1) is 24.9 Å². The van der Waals surface area contributed by atoms with Gasteiger partial charge in [-0.15, -0.1) is 11.3 Å². The van der Waals surface area contributed by atoms with Crippen molar-refractivity contribution >= 4 is 37.5 Å². The molecule has 0 aliphatic rings. The predicted octanol–water partition coefficient (Wildman–Crippen LogP) is 5.64. The molecule has 0 amide bonds. The lowest BCUT2D eigenvalue weighted by atomic mass is 10.0. The Bertz CT molecular complexity index is 1180. The molecule has 4 aromatic rings. The summed E-state index contributed by atoms with van der Waals surface area (Å²) in [5.74, 6) is 0.828. The molecule has 0 N–H and O–H groups in total. The third kappa shape index (κ3) is 3.62. The number of aryl methyl sites for hydroxylation is 1. The lowest BCUT2D eigenvalue weighted by Crippen LogP contribution is -2.21. The molecule has 2 aromatic carbocycles. The highest BCUT2D eigenvalue weighted by molar-refractivity contribution is 9.10. The minimum absolute atomic E-state index is 0.0128. The number of benzene rings is 2. The lowest BCUT2D eigenvalue weighted by molar-refractivity contribution is 0.340. The van der Waals surface area contributed by atoms with Crippen molar-refractivity contribution < 1.29 is 4.74 Å². The molecule has 6 heteroatoms. The Morgan fingerprint density at radius 1 is 1.11 bits per heavy atom. The van der Waals surface area contributed by atoms with E-state index in [9.17, 15) is 4.79 Å². The number of hydrogen-bond acceptors (Lipinski definition) is 4. The van der Waals surface area contributed by atoms with E-state index in [1.54, 1.807) is 22.2 Å². The van der Waals surface area contributed by atoms with Crippen LogP contribution in [0.1, 0.15) is 17.4 Å². The predicted molar refractivity (Wildman–Crippen MR) is 118 cm³/mol. The fraction of sp³-hybridized carbons (Fsp3) is 0.182.